The van der Waals surface area contributed by atoms with Crippen molar-refractivity contribution in [2.45, 2.75) is 88.5 Å². The Kier molecular flexibility index (Phi) is 9.53. The summed E-state index contributed by atoms with van der Waals surface area (Å²) in [6.07, 6.45) is 11.1. The Hall–Kier alpha value is -3.63. The first-order chi connectivity index (χ1) is 25.6. The molecule has 6 heterocycles. The van der Waals surface area contributed by atoms with Crippen LogP contribution < -0.4 is 9.64 Å². The van der Waals surface area contributed by atoms with Gasteiger partial charge in [-0.15, -0.1) is 0 Å². The standard InChI is InChI=1S/C22H30N2O3.C22H28N2O2/c1-5-21-9-6-11-24-12-10-22(20(21)24)15-8-7-14(26-3)13-16(15)23(2)18(22)17(27-4)19(21)25;1-4-15-10-16-11-19(22(25)26-3)21-17(7-8-24(12-15)13-16)18-9-14(2)5-6-20(18)23-21/h6-9,13,17-20,25H,5,10-12H2,1-4H3;5-6,9-10,16,19,23H,4,7-8,11-13H2,1-3H3/t17?,18?,19?,20?,21-,22?;16-,19?/m01/s1. The summed E-state index contributed by atoms with van der Waals surface area (Å²) in [4.78, 5) is 23.8. The molecular weight excluding hydrogens is 665 g/mol. The molecule has 0 radical (unpaired) electrons. The third-order valence-electron chi connectivity index (χ3n) is 14.0. The number of anilines is 1. The number of nitrogens with zero attached hydrogens (tertiary/aromatic N) is 3. The predicted octanol–water partition coefficient (Wildman–Crippen LogP) is 6.13. The molecule has 9 rings (SSSR count). The molecule has 1 aliphatic carbocycles. The summed E-state index contributed by atoms with van der Waals surface area (Å²) < 4.78 is 16.7. The van der Waals surface area contributed by atoms with Crippen LogP contribution in [0, 0.1) is 18.3 Å². The van der Waals surface area contributed by atoms with Crippen LogP contribution in [0.25, 0.3) is 10.9 Å². The van der Waals surface area contributed by atoms with Gasteiger partial charge in [-0.25, -0.2) is 0 Å². The van der Waals surface area contributed by atoms with Crippen molar-refractivity contribution in [2.75, 3.05) is 66.0 Å². The molecule has 1 saturated carbocycles. The average Bonchev–Trinajstić information content (AvgIpc) is 3.83. The highest BCUT2D eigenvalue weighted by Crippen LogP contribution is 2.64. The molecule has 1 saturated heterocycles. The molecule has 3 aromatic rings. The number of ether oxygens (including phenoxy) is 3. The van der Waals surface area contributed by atoms with E-state index in [1.165, 1.54) is 40.4 Å². The maximum atomic E-state index is 12.7. The summed E-state index contributed by atoms with van der Waals surface area (Å²) in [6.45, 7) is 11.7. The Balaban J connectivity index is 0.000000151. The lowest BCUT2D eigenvalue weighted by Gasteiger charge is -2.60. The topological polar surface area (TPSA) is 90.5 Å². The number of aromatic nitrogens is 1. The number of fused-ring (bicyclic) bond motifs is 6. The number of hydrogen-bond acceptors (Lipinski definition) is 8. The van der Waals surface area contributed by atoms with Crippen LogP contribution in [0.15, 0.2) is 60.2 Å². The maximum Gasteiger partial charge on any atom is 0.314 e. The minimum absolute atomic E-state index is 0.0307. The summed E-state index contributed by atoms with van der Waals surface area (Å²) in [6, 6.07) is 13.4. The molecule has 2 aromatic carbocycles. The van der Waals surface area contributed by atoms with E-state index in [0.717, 1.165) is 81.8 Å². The van der Waals surface area contributed by atoms with Gasteiger partial charge in [0.05, 0.1) is 32.3 Å². The number of aliphatic hydroxyl groups is 1. The Morgan fingerprint density at radius 3 is 2.66 bits per heavy atom. The summed E-state index contributed by atoms with van der Waals surface area (Å²) >= 11 is 0. The number of nitrogens with one attached hydrogen (secondary N) is 1. The molecule has 1 aromatic heterocycles. The number of likely N-dealkylation sites (N-methyl/N-ethyl adjacent to an activating group) is 1. The highest BCUT2D eigenvalue weighted by atomic mass is 16.5. The van der Waals surface area contributed by atoms with Gasteiger partial charge in [0.15, 0.2) is 0 Å². The van der Waals surface area contributed by atoms with Gasteiger partial charge in [-0.1, -0.05) is 55.3 Å². The van der Waals surface area contributed by atoms with Crippen LogP contribution >= 0.6 is 0 Å². The molecule has 5 aliphatic heterocycles. The van der Waals surface area contributed by atoms with Crippen LogP contribution in [-0.2, 0) is 26.1 Å². The number of carbonyl (C=O) groups excluding carboxylic acids is 1. The monoisotopic (exact) mass is 722 g/mol. The molecule has 9 nitrogen and oxygen atoms in total. The molecule has 2 bridgehead atoms. The van der Waals surface area contributed by atoms with Crippen LogP contribution in [0.3, 0.4) is 0 Å². The van der Waals surface area contributed by atoms with Crippen molar-refractivity contribution in [1.29, 1.82) is 0 Å². The molecule has 0 amide bonds. The fraction of sp³-hybridized carbons (Fsp3) is 0.568. The molecule has 284 valence electrons. The highest BCUT2D eigenvalue weighted by Gasteiger charge is 2.72. The fourth-order valence-corrected chi connectivity index (χ4v) is 11.7. The summed E-state index contributed by atoms with van der Waals surface area (Å²) in [5, 5.41) is 12.8. The first kappa shape index (κ1) is 36.4. The zero-order valence-corrected chi connectivity index (χ0v) is 32.7. The Morgan fingerprint density at radius 1 is 1.09 bits per heavy atom. The number of carbonyl (C=O) groups is 1. The number of H-pyrrole nitrogens is 1. The molecule has 9 heteroatoms. The Morgan fingerprint density at radius 2 is 1.92 bits per heavy atom. The van der Waals surface area contributed by atoms with Gasteiger partial charge in [0, 0.05) is 85.6 Å². The number of aryl methyl sites for hydroxylation is 1. The van der Waals surface area contributed by atoms with Crippen LogP contribution in [0.1, 0.15) is 67.8 Å². The minimum atomic E-state index is -0.522. The van der Waals surface area contributed by atoms with Crippen LogP contribution in [0.4, 0.5) is 5.69 Å². The van der Waals surface area contributed by atoms with Crippen LogP contribution in [-0.4, -0.2) is 111 Å². The second-order valence-corrected chi connectivity index (χ2v) is 16.4. The minimum Gasteiger partial charge on any atom is -0.497 e. The van der Waals surface area contributed by atoms with Crippen LogP contribution in [0.2, 0.25) is 0 Å². The SMILES string of the molecule is CCC1=C[C@@H]2CC(C(=O)OC)c3[nH]c4ccc(C)cc4c3CCN(C1)C2.CC[C@]12C=CCN3CCC4(c5ccc(OC)cc5N(C)C4C(OC)C1O)C32. The van der Waals surface area contributed by atoms with Crippen molar-refractivity contribution in [1.82, 2.24) is 14.8 Å². The second-order valence-electron chi connectivity index (χ2n) is 16.4. The zero-order valence-electron chi connectivity index (χ0n) is 32.7. The van der Waals surface area contributed by atoms with Gasteiger partial charge >= 0.3 is 5.97 Å². The summed E-state index contributed by atoms with van der Waals surface area (Å²) in [7, 11) is 7.12. The van der Waals surface area contributed by atoms with E-state index < -0.39 is 6.10 Å². The number of methoxy groups -OCH3 is 3. The average molecular weight is 723 g/mol. The lowest BCUT2D eigenvalue weighted by Crippen LogP contribution is -2.73. The second kappa shape index (κ2) is 13.9. The van der Waals surface area contributed by atoms with Crippen molar-refractivity contribution in [3.05, 3.63) is 82.6 Å². The Labute approximate surface area is 314 Å². The number of hydrogen-bond donors (Lipinski definition) is 2. The third kappa shape index (κ3) is 5.51. The number of benzene rings is 2. The third-order valence-corrected chi connectivity index (χ3v) is 14.0. The molecule has 2 N–H and O–H groups in total. The van der Waals surface area contributed by atoms with Crippen molar-refractivity contribution >= 4 is 22.6 Å². The number of rotatable bonds is 5. The smallest absolute Gasteiger partial charge is 0.314 e. The van der Waals surface area contributed by atoms with E-state index >= 15 is 0 Å². The molecule has 53 heavy (non-hydrogen) atoms. The van der Waals surface area contributed by atoms with E-state index in [1.54, 1.807) is 14.2 Å². The first-order valence-corrected chi connectivity index (χ1v) is 19.8. The first-order valence-electron chi connectivity index (χ1n) is 19.8. The largest absolute Gasteiger partial charge is 0.497 e. The van der Waals surface area contributed by atoms with Gasteiger partial charge in [-0.05, 0) is 80.8 Å². The van der Waals surface area contributed by atoms with E-state index in [9.17, 15) is 9.90 Å². The van der Waals surface area contributed by atoms with Gasteiger partial charge in [-0.3, -0.25) is 14.6 Å². The molecule has 9 atom stereocenters. The molecule has 6 aliphatic rings. The van der Waals surface area contributed by atoms with E-state index in [0.29, 0.717) is 12.0 Å². The lowest BCUT2D eigenvalue weighted by atomic mass is 9.51. The summed E-state index contributed by atoms with van der Waals surface area (Å²) in [5.41, 5.74) is 8.55. The number of esters is 1. The molecule has 7 unspecified atom stereocenters. The molecule has 1 spiro atoms. The van der Waals surface area contributed by atoms with Crippen molar-refractivity contribution in [3.8, 4) is 5.75 Å². The van der Waals surface area contributed by atoms with Crippen LogP contribution in [0.5, 0.6) is 5.75 Å². The number of aliphatic hydroxyl groups excluding tert-OH is 1. The molecular formula is C44H58N4O5. The van der Waals surface area contributed by atoms with Gasteiger partial charge in [0.1, 0.15) is 11.9 Å². The van der Waals surface area contributed by atoms with Crippen molar-refractivity contribution < 1.29 is 24.1 Å². The zero-order chi connectivity index (χ0) is 37.2. The highest BCUT2D eigenvalue weighted by molar-refractivity contribution is 5.89. The fourth-order valence-electron chi connectivity index (χ4n) is 11.7. The summed E-state index contributed by atoms with van der Waals surface area (Å²) in [5.74, 6) is 0.937. The van der Waals surface area contributed by atoms with Crippen molar-refractivity contribution in [3.63, 3.8) is 0 Å². The van der Waals surface area contributed by atoms with E-state index in [1.807, 2.05) is 0 Å². The lowest BCUT2D eigenvalue weighted by molar-refractivity contribution is -0.151. The van der Waals surface area contributed by atoms with Crippen molar-refractivity contribution in [2.24, 2.45) is 11.3 Å². The quantitative estimate of drug-likeness (QED) is 0.241. The van der Waals surface area contributed by atoms with E-state index in [4.69, 9.17) is 14.2 Å². The van der Waals surface area contributed by atoms with Gasteiger partial charge in [0.25, 0.3) is 0 Å². The normalized spacial score (nSPS) is 34.0. The van der Waals surface area contributed by atoms with E-state index in [-0.39, 0.29) is 34.9 Å². The van der Waals surface area contributed by atoms with Gasteiger partial charge in [0.2, 0.25) is 0 Å². The van der Waals surface area contributed by atoms with E-state index in [2.05, 4.69) is 102 Å². The molecule has 2 fully saturated rings. The number of aromatic amines is 1. The maximum absolute atomic E-state index is 12.7. The van der Waals surface area contributed by atoms with Gasteiger partial charge in [-0.2, -0.15) is 0 Å². The predicted molar refractivity (Wildman–Crippen MR) is 210 cm³/mol. The Bertz CT molecular complexity index is 1940. The van der Waals surface area contributed by atoms with Gasteiger partial charge < -0.3 is 29.2 Å².